The van der Waals surface area contributed by atoms with Crippen molar-refractivity contribution >= 4 is 40.9 Å². The van der Waals surface area contributed by atoms with E-state index in [2.05, 4.69) is 15.5 Å². The molecule has 154 valence electrons. The number of nitrogens with one attached hydrogen (secondary N) is 2. The average molecular weight is 436 g/mol. The van der Waals surface area contributed by atoms with Crippen LogP contribution in [0.1, 0.15) is 36.0 Å². The number of benzene rings is 2. The van der Waals surface area contributed by atoms with Gasteiger partial charge in [0, 0.05) is 34.7 Å². The molecule has 2 amide bonds. The van der Waals surface area contributed by atoms with Crippen molar-refractivity contribution in [2.75, 3.05) is 18.9 Å². The lowest BCUT2D eigenvalue weighted by Crippen LogP contribution is -2.42. The van der Waals surface area contributed by atoms with Gasteiger partial charge in [0.2, 0.25) is 0 Å². The van der Waals surface area contributed by atoms with Crippen LogP contribution in [0.5, 0.6) is 0 Å². The molecule has 0 bridgehead atoms. The summed E-state index contributed by atoms with van der Waals surface area (Å²) in [5.74, 6) is -1.11. The summed E-state index contributed by atoms with van der Waals surface area (Å²) in [6, 6.07) is 9.66. The number of likely N-dealkylation sites (N-methyl/N-ethyl adjacent to an activating group) is 1. The Morgan fingerprint density at radius 3 is 2.66 bits per heavy atom. The molecule has 8 heteroatoms. The van der Waals surface area contributed by atoms with Crippen LogP contribution in [0, 0.1) is 0 Å². The van der Waals surface area contributed by atoms with E-state index < -0.39 is 18.0 Å². The molecule has 1 aliphatic heterocycles. The zero-order chi connectivity index (χ0) is 21.1. The van der Waals surface area contributed by atoms with Crippen molar-refractivity contribution < 1.29 is 14.7 Å². The number of urea groups is 1. The maximum absolute atomic E-state index is 12.4. The molecule has 0 spiro atoms. The Morgan fingerprint density at radius 1 is 1.24 bits per heavy atom. The molecule has 0 aromatic heterocycles. The normalized spacial score (nSPS) is 17.3. The molecule has 1 heterocycles. The predicted octanol–water partition coefficient (Wildman–Crippen LogP) is 4.56. The number of anilines is 1. The van der Waals surface area contributed by atoms with E-state index in [1.54, 1.807) is 19.1 Å². The molecule has 0 saturated heterocycles. The number of fused-ring (bicyclic) bond motifs is 1. The van der Waals surface area contributed by atoms with E-state index in [0.717, 1.165) is 23.2 Å². The monoisotopic (exact) mass is 435 g/mol. The third kappa shape index (κ3) is 4.83. The highest BCUT2D eigenvalue weighted by molar-refractivity contribution is 6.35. The Balaban J connectivity index is 1.94. The lowest BCUT2D eigenvalue weighted by atomic mass is 9.84. The summed E-state index contributed by atoms with van der Waals surface area (Å²) < 4.78 is 0. The summed E-state index contributed by atoms with van der Waals surface area (Å²) in [6.07, 6.45) is 0.294. The molecule has 0 fully saturated rings. The molecule has 0 aliphatic carbocycles. The molecular formula is C21H23Cl2N3O3. The van der Waals surface area contributed by atoms with Gasteiger partial charge in [-0.3, -0.25) is 0 Å². The second-order valence-corrected chi connectivity index (χ2v) is 8.03. The van der Waals surface area contributed by atoms with Crippen LogP contribution in [0.2, 0.25) is 10.0 Å². The highest BCUT2D eigenvalue weighted by Crippen LogP contribution is 2.40. The van der Waals surface area contributed by atoms with Crippen molar-refractivity contribution in [2.24, 2.45) is 0 Å². The van der Waals surface area contributed by atoms with Crippen molar-refractivity contribution in [3.63, 3.8) is 0 Å². The molecule has 2 atom stereocenters. The van der Waals surface area contributed by atoms with E-state index in [-0.39, 0.29) is 5.92 Å². The van der Waals surface area contributed by atoms with Crippen LogP contribution in [-0.2, 0) is 11.3 Å². The van der Waals surface area contributed by atoms with Gasteiger partial charge in [-0.25, -0.2) is 9.59 Å². The van der Waals surface area contributed by atoms with Crippen molar-refractivity contribution in [1.82, 2.24) is 10.2 Å². The zero-order valence-electron chi connectivity index (χ0n) is 16.2. The van der Waals surface area contributed by atoms with E-state index in [9.17, 15) is 9.59 Å². The van der Waals surface area contributed by atoms with Crippen LogP contribution < -0.4 is 10.6 Å². The molecule has 29 heavy (non-hydrogen) atoms. The first kappa shape index (κ1) is 21.4. The number of amides is 2. The Labute approximate surface area is 179 Å². The molecule has 0 saturated carbocycles. The summed E-state index contributed by atoms with van der Waals surface area (Å²) in [5, 5.41) is 15.7. The third-order valence-electron chi connectivity index (χ3n) is 5.09. The second-order valence-electron chi connectivity index (χ2n) is 7.19. The summed E-state index contributed by atoms with van der Waals surface area (Å²) in [5.41, 5.74) is 3.59. The number of carbonyl (C=O) groups is 2. The van der Waals surface area contributed by atoms with E-state index in [1.165, 1.54) is 0 Å². The molecule has 3 rings (SSSR count). The Hall–Kier alpha value is -2.28. The Bertz CT molecular complexity index is 935. The largest absolute Gasteiger partial charge is 0.480 e. The van der Waals surface area contributed by atoms with Crippen molar-refractivity contribution in [1.29, 1.82) is 0 Å². The number of para-hydroxylation sites is 1. The fourth-order valence-electron chi connectivity index (χ4n) is 3.68. The number of carboxylic acids is 1. The Morgan fingerprint density at radius 2 is 1.97 bits per heavy atom. The minimum Gasteiger partial charge on any atom is -0.480 e. The predicted molar refractivity (Wildman–Crippen MR) is 115 cm³/mol. The number of carbonyl (C=O) groups excluding carboxylic acids is 1. The van der Waals surface area contributed by atoms with Gasteiger partial charge in [-0.2, -0.15) is 0 Å². The molecule has 1 unspecified atom stereocenters. The molecule has 6 nitrogen and oxygen atoms in total. The van der Waals surface area contributed by atoms with Crippen LogP contribution in [0.25, 0.3) is 0 Å². The molecule has 1 aliphatic rings. The number of nitrogens with zero attached hydrogens (tertiary/aromatic N) is 1. The maximum Gasteiger partial charge on any atom is 0.326 e. The van der Waals surface area contributed by atoms with Crippen LogP contribution in [0.3, 0.4) is 0 Å². The van der Waals surface area contributed by atoms with Gasteiger partial charge in [0.05, 0.1) is 0 Å². The zero-order valence-corrected chi connectivity index (χ0v) is 17.7. The van der Waals surface area contributed by atoms with Crippen LogP contribution in [-0.4, -0.2) is 41.6 Å². The first-order valence-electron chi connectivity index (χ1n) is 9.35. The average Bonchev–Trinajstić information content (AvgIpc) is 2.66. The number of carboxylic acid groups (broad SMARTS) is 1. The summed E-state index contributed by atoms with van der Waals surface area (Å²) in [7, 11) is 2.02. The summed E-state index contributed by atoms with van der Waals surface area (Å²) in [6.45, 7) is 3.15. The van der Waals surface area contributed by atoms with Gasteiger partial charge in [0.15, 0.2) is 0 Å². The van der Waals surface area contributed by atoms with E-state index >= 15 is 0 Å². The standard InChI is InChI=1S/C21H23Cl2N3O3/c1-3-18(20(27)28)24-21(29)25-19-7-5-4-6-13(19)15-10-26(2)11-16-14(15)8-12(22)9-17(16)23/h4-9,15,18H,3,10-11H2,1-2H3,(H,27,28)(H2,24,25,29)/t15-,18?/m1/s1. The van der Waals surface area contributed by atoms with Gasteiger partial charge < -0.3 is 20.6 Å². The maximum atomic E-state index is 12.4. The lowest BCUT2D eigenvalue weighted by molar-refractivity contribution is -0.139. The van der Waals surface area contributed by atoms with E-state index in [1.807, 2.05) is 31.3 Å². The first-order valence-corrected chi connectivity index (χ1v) is 10.1. The molecule has 2 aromatic carbocycles. The number of aliphatic carboxylic acids is 1. The minimum absolute atomic E-state index is 0.0436. The van der Waals surface area contributed by atoms with Gasteiger partial charge in [0.1, 0.15) is 6.04 Å². The van der Waals surface area contributed by atoms with Gasteiger partial charge in [-0.15, -0.1) is 0 Å². The fraction of sp³-hybridized carbons (Fsp3) is 0.333. The van der Waals surface area contributed by atoms with Gasteiger partial charge in [0.25, 0.3) is 0 Å². The fourth-order valence-corrected chi connectivity index (χ4v) is 4.25. The smallest absolute Gasteiger partial charge is 0.326 e. The van der Waals surface area contributed by atoms with Crippen LogP contribution in [0.4, 0.5) is 10.5 Å². The van der Waals surface area contributed by atoms with Crippen molar-refractivity contribution in [3.8, 4) is 0 Å². The summed E-state index contributed by atoms with van der Waals surface area (Å²) in [4.78, 5) is 25.8. The molecule has 2 aromatic rings. The molecule has 0 radical (unpaired) electrons. The quantitative estimate of drug-likeness (QED) is 0.642. The highest BCUT2D eigenvalue weighted by Gasteiger charge is 2.29. The topological polar surface area (TPSA) is 81.7 Å². The summed E-state index contributed by atoms with van der Waals surface area (Å²) >= 11 is 12.7. The lowest BCUT2D eigenvalue weighted by Gasteiger charge is -2.34. The molecular weight excluding hydrogens is 413 g/mol. The van der Waals surface area contributed by atoms with E-state index in [4.69, 9.17) is 28.3 Å². The Kier molecular flexibility index (Phi) is 6.67. The van der Waals surface area contributed by atoms with Crippen LogP contribution in [0.15, 0.2) is 36.4 Å². The van der Waals surface area contributed by atoms with Crippen molar-refractivity contribution in [2.45, 2.75) is 31.8 Å². The number of halogens is 2. The van der Waals surface area contributed by atoms with Crippen molar-refractivity contribution in [3.05, 3.63) is 63.1 Å². The van der Waals surface area contributed by atoms with E-state index in [0.29, 0.717) is 28.7 Å². The first-order chi connectivity index (χ1) is 13.8. The van der Waals surface area contributed by atoms with Gasteiger partial charge >= 0.3 is 12.0 Å². The van der Waals surface area contributed by atoms with Gasteiger partial charge in [-0.05, 0) is 48.4 Å². The van der Waals surface area contributed by atoms with Gasteiger partial charge in [-0.1, -0.05) is 48.3 Å². The minimum atomic E-state index is -1.07. The number of hydrogen-bond donors (Lipinski definition) is 3. The van der Waals surface area contributed by atoms with Crippen LogP contribution >= 0.6 is 23.2 Å². The number of hydrogen-bond acceptors (Lipinski definition) is 3. The SMILES string of the molecule is CCC(NC(=O)Nc1ccccc1[C@H]1CN(C)Cc2c(Cl)cc(Cl)cc21)C(=O)O. The molecule has 3 N–H and O–H groups in total. The third-order valence-corrected chi connectivity index (χ3v) is 5.64. The number of rotatable bonds is 5. The second kappa shape index (κ2) is 9.03. The highest BCUT2D eigenvalue weighted by atomic mass is 35.5.